The normalized spacial score (nSPS) is 20.3. The molecule has 2 aromatic carbocycles. The molecule has 1 aliphatic carbocycles. The Kier molecular flexibility index (Phi) is 5.95. The summed E-state index contributed by atoms with van der Waals surface area (Å²) >= 11 is 5.45. The van der Waals surface area contributed by atoms with Gasteiger partial charge < -0.3 is 9.47 Å². The van der Waals surface area contributed by atoms with E-state index < -0.39 is 11.5 Å². The number of carbonyl (C=O) groups excluding carboxylic acids is 1. The molecule has 0 radical (unpaired) electrons. The highest BCUT2D eigenvalue weighted by atomic mass is 32.1. The summed E-state index contributed by atoms with van der Waals surface area (Å²) in [5.74, 6) is 1.21. The van der Waals surface area contributed by atoms with Crippen molar-refractivity contribution in [3.63, 3.8) is 0 Å². The first-order valence-electron chi connectivity index (χ1n) is 9.85. The highest BCUT2D eigenvalue weighted by Gasteiger charge is 2.66. The highest BCUT2D eigenvalue weighted by molar-refractivity contribution is 7.80. The van der Waals surface area contributed by atoms with E-state index in [1.54, 1.807) is 0 Å². The SMILES string of the molecule is CC(=S)C(OC(=O)C1(C=C(C)C)CC1(C)C)c1cccc(Oc2ccccc2)c1. The van der Waals surface area contributed by atoms with E-state index >= 15 is 0 Å². The number of thiocarbonyl (C=S) groups is 1. The number of hydrogen-bond donors (Lipinski definition) is 0. The minimum absolute atomic E-state index is 0.112. The largest absolute Gasteiger partial charge is 0.457 e. The van der Waals surface area contributed by atoms with E-state index in [0.29, 0.717) is 10.6 Å². The third-order valence-corrected chi connectivity index (χ3v) is 5.65. The number of esters is 1. The molecule has 4 heteroatoms. The summed E-state index contributed by atoms with van der Waals surface area (Å²) in [4.78, 5) is 13.8. The van der Waals surface area contributed by atoms with Gasteiger partial charge in [0.15, 0.2) is 6.10 Å². The molecule has 1 saturated carbocycles. The van der Waals surface area contributed by atoms with Crippen molar-refractivity contribution in [1.82, 2.24) is 0 Å². The van der Waals surface area contributed by atoms with Gasteiger partial charge in [0.2, 0.25) is 0 Å². The molecule has 0 amide bonds. The predicted octanol–water partition coefficient (Wildman–Crippen LogP) is 6.84. The van der Waals surface area contributed by atoms with Gasteiger partial charge in [0.05, 0.1) is 5.41 Å². The van der Waals surface area contributed by atoms with E-state index in [1.807, 2.05) is 81.4 Å². The molecule has 2 atom stereocenters. The Labute approximate surface area is 178 Å². The third-order valence-electron chi connectivity index (χ3n) is 5.44. The van der Waals surface area contributed by atoms with Crippen molar-refractivity contribution in [1.29, 1.82) is 0 Å². The molecule has 2 unspecified atom stereocenters. The predicted molar refractivity (Wildman–Crippen MR) is 120 cm³/mol. The summed E-state index contributed by atoms with van der Waals surface area (Å²) in [6.45, 7) is 10.0. The molecule has 0 bridgehead atoms. The van der Waals surface area contributed by atoms with Crippen LogP contribution in [-0.4, -0.2) is 10.8 Å². The Balaban J connectivity index is 1.84. The van der Waals surface area contributed by atoms with Gasteiger partial charge in [-0.15, -0.1) is 0 Å². The Morgan fingerprint density at radius 2 is 1.66 bits per heavy atom. The molecule has 0 spiro atoms. The van der Waals surface area contributed by atoms with Crippen LogP contribution >= 0.6 is 12.2 Å². The summed E-state index contributed by atoms with van der Waals surface area (Å²) in [7, 11) is 0. The smallest absolute Gasteiger partial charge is 0.317 e. The fourth-order valence-electron chi connectivity index (χ4n) is 3.76. The molecular weight excluding hydrogens is 380 g/mol. The van der Waals surface area contributed by atoms with E-state index in [9.17, 15) is 4.79 Å². The van der Waals surface area contributed by atoms with E-state index in [1.165, 1.54) is 0 Å². The maximum absolute atomic E-state index is 13.2. The van der Waals surface area contributed by atoms with Gasteiger partial charge in [0, 0.05) is 10.4 Å². The fourth-order valence-corrected chi connectivity index (χ4v) is 3.95. The summed E-state index contributed by atoms with van der Waals surface area (Å²) in [6.07, 6.45) is 2.24. The van der Waals surface area contributed by atoms with Crippen LogP contribution in [0.4, 0.5) is 0 Å². The zero-order valence-electron chi connectivity index (χ0n) is 17.7. The quantitative estimate of drug-likeness (QED) is 0.285. The third kappa shape index (κ3) is 4.59. The zero-order chi connectivity index (χ0) is 21.2. The first kappa shape index (κ1) is 21.3. The van der Waals surface area contributed by atoms with Crippen LogP contribution in [0.1, 0.15) is 52.7 Å². The van der Waals surface area contributed by atoms with Gasteiger partial charge in [-0.05, 0) is 56.9 Å². The molecule has 3 nitrogen and oxygen atoms in total. The van der Waals surface area contributed by atoms with Crippen molar-refractivity contribution in [2.24, 2.45) is 10.8 Å². The molecule has 3 rings (SSSR count). The molecule has 0 aromatic heterocycles. The Hall–Kier alpha value is -2.46. The lowest BCUT2D eigenvalue weighted by Crippen LogP contribution is -2.26. The van der Waals surface area contributed by atoms with Crippen LogP contribution in [0.25, 0.3) is 0 Å². The van der Waals surface area contributed by atoms with E-state index in [-0.39, 0.29) is 11.4 Å². The van der Waals surface area contributed by atoms with Crippen LogP contribution in [0, 0.1) is 10.8 Å². The van der Waals surface area contributed by atoms with Crippen molar-refractivity contribution in [3.8, 4) is 11.5 Å². The number of carbonyl (C=O) groups is 1. The fraction of sp³-hybridized carbons (Fsp3) is 0.360. The van der Waals surface area contributed by atoms with Crippen LogP contribution in [0.2, 0.25) is 0 Å². The molecule has 0 N–H and O–H groups in total. The van der Waals surface area contributed by atoms with Gasteiger partial charge in [0.1, 0.15) is 11.5 Å². The van der Waals surface area contributed by atoms with Gasteiger partial charge in [-0.2, -0.15) is 0 Å². The Bertz CT molecular complexity index is 942. The average molecular weight is 409 g/mol. The van der Waals surface area contributed by atoms with Crippen LogP contribution in [0.15, 0.2) is 66.2 Å². The van der Waals surface area contributed by atoms with Gasteiger partial charge >= 0.3 is 5.97 Å². The standard InChI is InChI=1S/C25H28O3S/c1-17(2)15-25(16-24(25,4)5)23(26)28-22(18(3)29)19-10-9-13-21(14-19)27-20-11-7-6-8-12-20/h6-15,22H,16H2,1-5H3. The average Bonchev–Trinajstić information content (AvgIpc) is 3.21. The molecule has 152 valence electrons. The summed E-state index contributed by atoms with van der Waals surface area (Å²) in [5, 5.41) is 0. The monoisotopic (exact) mass is 408 g/mol. The van der Waals surface area contributed by atoms with Crippen molar-refractivity contribution in [2.45, 2.75) is 47.1 Å². The highest BCUT2D eigenvalue weighted by Crippen LogP contribution is 2.65. The van der Waals surface area contributed by atoms with Gasteiger partial charge in [-0.25, -0.2) is 0 Å². The first-order chi connectivity index (χ1) is 13.6. The molecule has 2 aromatic rings. The molecule has 1 aliphatic rings. The van der Waals surface area contributed by atoms with Crippen molar-refractivity contribution in [3.05, 3.63) is 71.8 Å². The topological polar surface area (TPSA) is 35.5 Å². The van der Waals surface area contributed by atoms with E-state index in [4.69, 9.17) is 21.7 Å². The number of ether oxygens (including phenoxy) is 2. The maximum atomic E-state index is 13.2. The second-order valence-electron chi connectivity index (χ2n) is 8.64. The summed E-state index contributed by atoms with van der Waals surface area (Å²) in [6, 6.07) is 17.1. The molecule has 0 saturated heterocycles. The summed E-state index contributed by atoms with van der Waals surface area (Å²) < 4.78 is 11.9. The molecule has 29 heavy (non-hydrogen) atoms. The second kappa shape index (κ2) is 8.11. The number of para-hydroxylation sites is 1. The Morgan fingerprint density at radius 3 is 2.21 bits per heavy atom. The number of rotatable bonds is 7. The first-order valence-corrected chi connectivity index (χ1v) is 10.3. The summed E-state index contributed by atoms with van der Waals surface area (Å²) in [5.41, 5.74) is 1.23. The Morgan fingerprint density at radius 1 is 1.03 bits per heavy atom. The molecule has 0 heterocycles. The van der Waals surface area contributed by atoms with Crippen LogP contribution < -0.4 is 4.74 Å². The van der Waals surface area contributed by atoms with Crippen molar-refractivity contribution < 1.29 is 14.3 Å². The minimum atomic E-state index is -0.587. The van der Waals surface area contributed by atoms with E-state index in [2.05, 4.69) is 13.8 Å². The van der Waals surface area contributed by atoms with Gasteiger partial charge in [0.25, 0.3) is 0 Å². The van der Waals surface area contributed by atoms with Crippen molar-refractivity contribution in [2.75, 3.05) is 0 Å². The van der Waals surface area contributed by atoms with Crippen LogP contribution in [0.5, 0.6) is 11.5 Å². The van der Waals surface area contributed by atoms with Crippen LogP contribution in [0.3, 0.4) is 0 Å². The zero-order valence-corrected chi connectivity index (χ0v) is 18.5. The minimum Gasteiger partial charge on any atom is -0.457 e. The molecule has 1 fully saturated rings. The number of hydrogen-bond acceptors (Lipinski definition) is 4. The molecular formula is C25H28O3S. The number of allylic oxidation sites excluding steroid dienone is 1. The van der Waals surface area contributed by atoms with Gasteiger partial charge in [-0.3, -0.25) is 4.79 Å². The second-order valence-corrected chi connectivity index (χ2v) is 9.28. The lowest BCUT2D eigenvalue weighted by Gasteiger charge is -2.23. The number of benzene rings is 2. The molecule has 0 aliphatic heterocycles. The lowest BCUT2D eigenvalue weighted by molar-refractivity contribution is -0.152. The lowest BCUT2D eigenvalue weighted by atomic mass is 9.93. The maximum Gasteiger partial charge on any atom is 0.317 e. The van der Waals surface area contributed by atoms with Crippen LogP contribution in [-0.2, 0) is 9.53 Å². The van der Waals surface area contributed by atoms with E-state index in [0.717, 1.165) is 23.3 Å². The van der Waals surface area contributed by atoms with Gasteiger partial charge in [-0.1, -0.05) is 68.0 Å². The van der Waals surface area contributed by atoms with Crippen molar-refractivity contribution >= 4 is 23.1 Å².